The van der Waals surface area contributed by atoms with Crippen LogP contribution in [0, 0.1) is 10.8 Å². The number of hydrogen-bond donors (Lipinski definition) is 1. The number of aliphatic carboxylic acids is 1. The Morgan fingerprint density at radius 3 is 2.31 bits per heavy atom. The summed E-state index contributed by atoms with van der Waals surface area (Å²) in [4.78, 5) is 25.0. The standard InChI is InChI=1S/C19H24F3NO3/c1-17(2,10-6-9-14-7-4-3-5-8-14)15(24)23-12-11-18(13-23,16(25)26)19(20,21)22/h3-5,7-8H,6,9-13H2,1-2H3,(H,25,26). The molecule has 0 aromatic heterocycles. The van der Waals surface area contributed by atoms with E-state index < -0.39 is 41.8 Å². The van der Waals surface area contributed by atoms with Crippen molar-refractivity contribution in [1.29, 1.82) is 0 Å². The molecule has 0 saturated carbocycles. The normalized spacial score (nSPS) is 21.0. The van der Waals surface area contributed by atoms with Gasteiger partial charge < -0.3 is 10.0 Å². The molecule has 144 valence electrons. The van der Waals surface area contributed by atoms with Crippen LogP contribution in [-0.4, -0.2) is 41.1 Å². The van der Waals surface area contributed by atoms with Crippen LogP contribution in [0.2, 0.25) is 0 Å². The minimum absolute atomic E-state index is 0.188. The Kier molecular flexibility index (Phi) is 5.68. The van der Waals surface area contributed by atoms with Gasteiger partial charge >= 0.3 is 12.1 Å². The molecule has 0 radical (unpaired) electrons. The number of halogens is 3. The lowest BCUT2D eigenvalue weighted by atomic mass is 9.84. The van der Waals surface area contributed by atoms with Gasteiger partial charge in [-0.1, -0.05) is 44.2 Å². The Morgan fingerprint density at radius 2 is 1.81 bits per heavy atom. The average Bonchev–Trinajstić information content (AvgIpc) is 3.01. The second kappa shape index (κ2) is 7.29. The molecule has 1 fully saturated rings. The lowest BCUT2D eigenvalue weighted by molar-refractivity contribution is -0.227. The molecule has 1 amide bonds. The third-order valence-electron chi connectivity index (χ3n) is 5.20. The lowest BCUT2D eigenvalue weighted by Gasteiger charge is -2.31. The van der Waals surface area contributed by atoms with Crippen LogP contribution in [-0.2, 0) is 16.0 Å². The van der Waals surface area contributed by atoms with E-state index in [1.807, 2.05) is 30.3 Å². The molecular weight excluding hydrogens is 347 g/mol. The van der Waals surface area contributed by atoms with Crippen LogP contribution in [0.1, 0.15) is 38.7 Å². The van der Waals surface area contributed by atoms with E-state index in [0.29, 0.717) is 6.42 Å². The summed E-state index contributed by atoms with van der Waals surface area (Å²) in [6.45, 7) is 2.41. The minimum atomic E-state index is -4.88. The van der Waals surface area contributed by atoms with Gasteiger partial charge in [0.05, 0.1) is 0 Å². The fourth-order valence-corrected chi connectivity index (χ4v) is 3.42. The lowest BCUT2D eigenvalue weighted by Crippen LogP contribution is -2.49. The van der Waals surface area contributed by atoms with E-state index in [2.05, 4.69) is 0 Å². The first kappa shape index (κ1) is 20.3. The van der Waals surface area contributed by atoms with Gasteiger partial charge in [0.1, 0.15) is 0 Å². The maximum Gasteiger partial charge on any atom is 0.406 e. The zero-order chi connectivity index (χ0) is 19.6. The van der Waals surface area contributed by atoms with Gasteiger partial charge in [-0.3, -0.25) is 9.59 Å². The number of carboxylic acids is 1. The van der Waals surface area contributed by atoms with Crippen LogP contribution < -0.4 is 0 Å². The number of carbonyl (C=O) groups is 2. The quantitative estimate of drug-likeness (QED) is 0.825. The second-order valence-electron chi connectivity index (χ2n) is 7.58. The van der Waals surface area contributed by atoms with E-state index in [1.54, 1.807) is 13.8 Å². The van der Waals surface area contributed by atoms with E-state index in [-0.39, 0.29) is 6.54 Å². The zero-order valence-corrected chi connectivity index (χ0v) is 15.0. The van der Waals surface area contributed by atoms with Crippen LogP contribution >= 0.6 is 0 Å². The monoisotopic (exact) mass is 371 g/mol. The maximum atomic E-state index is 13.3. The molecule has 1 aliphatic heterocycles. The van der Waals surface area contributed by atoms with Gasteiger partial charge in [0.25, 0.3) is 0 Å². The fourth-order valence-electron chi connectivity index (χ4n) is 3.42. The highest BCUT2D eigenvalue weighted by Gasteiger charge is 2.64. The Bertz CT molecular complexity index is 658. The summed E-state index contributed by atoms with van der Waals surface area (Å²) in [6.07, 6.45) is -3.47. The minimum Gasteiger partial charge on any atom is -0.481 e. The number of aryl methyl sites for hydroxylation is 1. The van der Waals surface area contributed by atoms with Gasteiger partial charge in [0.2, 0.25) is 5.91 Å². The number of benzene rings is 1. The van der Waals surface area contributed by atoms with Crippen molar-refractivity contribution in [3.05, 3.63) is 35.9 Å². The van der Waals surface area contributed by atoms with Crippen LogP contribution in [0.5, 0.6) is 0 Å². The smallest absolute Gasteiger partial charge is 0.406 e. The molecule has 26 heavy (non-hydrogen) atoms. The van der Waals surface area contributed by atoms with Gasteiger partial charge in [-0.15, -0.1) is 0 Å². The highest BCUT2D eigenvalue weighted by atomic mass is 19.4. The fraction of sp³-hybridized carbons (Fsp3) is 0.579. The predicted molar refractivity (Wildman–Crippen MR) is 90.5 cm³/mol. The van der Waals surface area contributed by atoms with Crippen LogP contribution in [0.4, 0.5) is 13.2 Å². The van der Waals surface area contributed by atoms with Crippen LogP contribution in [0.3, 0.4) is 0 Å². The number of amides is 1. The number of rotatable bonds is 6. The number of hydrogen-bond acceptors (Lipinski definition) is 2. The maximum absolute atomic E-state index is 13.3. The first-order valence-corrected chi connectivity index (χ1v) is 8.63. The SMILES string of the molecule is CC(C)(CCCc1ccccc1)C(=O)N1CCC(C(=O)O)(C(F)(F)F)C1. The molecule has 1 N–H and O–H groups in total. The molecular formula is C19H24F3NO3. The van der Waals surface area contributed by atoms with Crippen molar-refractivity contribution in [1.82, 2.24) is 4.90 Å². The third-order valence-corrected chi connectivity index (χ3v) is 5.20. The first-order valence-electron chi connectivity index (χ1n) is 8.63. The number of likely N-dealkylation sites (tertiary alicyclic amines) is 1. The Balaban J connectivity index is 2.00. The molecule has 1 aromatic carbocycles. The topological polar surface area (TPSA) is 57.6 Å². The van der Waals surface area contributed by atoms with E-state index in [9.17, 15) is 22.8 Å². The average molecular weight is 371 g/mol. The van der Waals surface area contributed by atoms with E-state index >= 15 is 0 Å². The molecule has 1 aliphatic rings. The molecule has 1 heterocycles. The molecule has 1 atom stereocenters. The summed E-state index contributed by atoms with van der Waals surface area (Å²) in [6, 6.07) is 9.75. The van der Waals surface area contributed by atoms with Crippen LogP contribution in [0.15, 0.2) is 30.3 Å². The van der Waals surface area contributed by atoms with Gasteiger partial charge in [-0.05, 0) is 31.2 Å². The Morgan fingerprint density at radius 1 is 1.19 bits per heavy atom. The molecule has 2 rings (SSSR count). The molecule has 7 heteroatoms. The Labute approximate surface area is 151 Å². The largest absolute Gasteiger partial charge is 0.481 e. The number of nitrogens with zero attached hydrogens (tertiary/aromatic N) is 1. The van der Waals surface area contributed by atoms with Crippen molar-refractivity contribution in [2.24, 2.45) is 10.8 Å². The summed E-state index contributed by atoms with van der Waals surface area (Å²) in [7, 11) is 0. The molecule has 1 unspecified atom stereocenters. The summed E-state index contributed by atoms with van der Waals surface area (Å²) >= 11 is 0. The van der Waals surface area contributed by atoms with E-state index in [0.717, 1.165) is 23.3 Å². The van der Waals surface area contributed by atoms with Gasteiger partial charge in [0, 0.05) is 18.5 Å². The van der Waals surface area contributed by atoms with Crippen molar-refractivity contribution < 1.29 is 27.9 Å². The number of alkyl halides is 3. The summed E-state index contributed by atoms with van der Waals surface area (Å²) in [5.41, 5.74) is -2.56. The van der Waals surface area contributed by atoms with Crippen molar-refractivity contribution in [3.63, 3.8) is 0 Å². The molecule has 0 bridgehead atoms. The molecule has 1 saturated heterocycles. The zero-order valence-electron chi connectivity index (χ0n) is 15.0. The summed E-state index contributed by atoms with van der Waals surface area (Å²) in [5.74, 6) is -2.33. The number of carboxylic acid groups (broad SMARTS) is 1. The highest BCUT2D eigenvalue weighted by molar-refractivity contribution is 5.84. The molecule has 4 nitrogen and oxygen atoms in total. The molecule has 0 spiro atoms. The highest BCUT2D eigenvalue weighted by Crippen LogP contribution is 2.46. The number of carbonyl (C=O) groups excluding carboxylic acids is 1. The predicted octanol–water partition coefficient (Wildman–Crippen LogP) is 3.90. The van der Waals surface area contributed by atoms with Crippen LogP contribution in [0.25, 0.3) is 0 Å². The van der Waals surface area contributed by atoms with Crippen molar-refractivity contribution in [2.45, 2.75) is 45.7 Å². The second-order valence-corrected chi connectivity index (χ2v) is 7.58. The first-order chi connectivity index (χ1) is 12.0. The van der Waals surface area contributed by atoms with Gasteiger partial charge in [-0.2, -0.15) is 13.2 Å². The van der Waals surface area contributed by atoms with E-state index in [4.69, 9.17) is 5.11 Å². The van der Waals surface area contributed by atoms with Crippen molar-refractivity contribution in [3.8, 4) is 0 Å². The van der Waals surface area contributed by atoms with E-state index in [1.165, 1.54) is 0 Å². The molecule has 0 aliphatic carbocycles. The Hall–Kier alpha value is -2.05. The third kappa shape index (κ3) is 4.02. The van der Waals surface area contributed by atoms with Gasteiger partial charge in [0.15, 0.2) is 5.41 Å². The molecule has 1 aromatic rings. The summed E-state index contributed by atoms with van der Waals surface area (Å²) in [5, 5.41) is 9.11. The van der Waals surface area contributed by atoms with Gasteiger partial charge in [-0.25, -0.2) is 0 Å². The van der Waals surface area contributed by atoms with Crippen molar-refractivity contribution >= 4 is 11.9 Å². The summed E-state index contributed by atoms with van der Waals surface area (Å²) < 4.78 is 39.8. The van der Waals surface area contributed by atoms with Crippen molar-refractivity contribution in [2.75, 3.05) is 13.1 Å².